The Morgan fingerprint density at radius 1 is 1.41 bits per heavy atom. The van der Waals surface area contributed by atoms with Gasteiger partial charge in [-0.05, 0) is 24.8 Å². The van der Waals surface area contributed by atoms with Crippen LogP contribution >= 0.6 is 11.6 Å². The van der Waals surface area contributed by atoms with E-state index in [1.165, 1.54) is 6.07 Å². The lowest BCUT2D eigenvalue weighted by Gasteiger charge is -2.42. The molecule has 17 heavy (non-hydrogen) atoms. The molecule has 0 radical (unpaired) electrons. The molecule has 0 spiro atoms. The van der Waals surface area contributed by atoms with E-state index in [2.05, 4.69) is 4.98 Å². The molecule has 0 aliphatic heterocycles. The summed E-state index contributed by atoms with van der Waals surface area (Å²) in [5, 5.41) is 9.85. The van der Waals surface area contributed by atoms with E-state index in [4.69, 9.17) is 11.6 Å². The van der Waals surface area contributed by atoms with E-state index in [1.807, 2.05) is 6.92 Å². The second-order valence-electron chi connectivity index (χ2n) is 4.58. The van der Waals surface area contributed by atoms with Crippen LogP contribution in [0, 0.1) is 5.92 Å². The molecular weight excluding hydrogens is 255 g/mol. The highest BCUT2D eigenvalue weighted by Crippen LogP contribution is 2.47. The van der Waals surface area contributed by atoms with Gasteiger partial charge in [0.2, 0.25) is 0 Å². The second kappa shape index (κ2) is 3.85. The molecule has 1 aliphatic carbocycles. The first-order valence-corrected chi connectivity index (χ1v) is 5.57. The molecule has 0 aromatic carbocycles. The number of pyridine rings is 1. The first-order chi connectivity index (χ1) is 7.72. The molecule has 1 aliphatic rings. The molecule has 1 saturated carbocycles. The SMILES string of the molecule is CC1CC(O)(c2ccc(C(F)(F)F)nc2Cl)C1. The van der Waals surface area contributed by atoms with Crippen molar-refractivity contribution in [1.82, 2.24) is 4.98 Å². The summed E-state index contributed by atoms with van der Waals surface area (Å²) in [4.78, 5) is 3.30. The molecule has 0 unspecified atom stereocenters. The Labute approximate surface area is 101 Å². The molecule has 0 saturated heterocycles. The number of aliphatic hydroxyl groups is 1. The molecular formula is C11H11ClF3NO. The van der Waals surface area contributed by atoms with Crippen LogP contribution in [-0.4, -0.2) is 10.1 Å². The predicted molar refractivity (Wildman–Crippen MR) is 56.5 cm³/mol. The lowest BCUT2D eigenvalue weighted by Crippen LogP contribution is -2.40. The van der Waals surface area contributed by atoms with E-state index >= 15 is 0 Å². The average Bonchev–Trinajstić information content (AvgIpc) is 2.13. The van der Waals surface area contributed by atoms with Gasteiger partial charge < -0.3 is 5.11 Å². The molecule has 2 rings (SSSR count). The summed E-state index contributed by atoms with van der Waals surface area (Å²) in [6.07, 6.45) is -3.52. The van der Waals surface area contributed by atoms with Crippen molar-refractivity contribution < 1.29 is 18.3 Å². The van der Waals surface area contributed by atoms with Crippen molar-refractivity contribution in [1.29, 1.82) is 0 Å². The minimum Gasteiger partial charge on any atom is -0.385 e. The highest BCUT2D eigenvalue weighted by molar-refractivity contribution is 6.30. The Morgan fingerprint density at radius 2 is 2.00 bits per heavy atom. The van der Waals surface area contributed by atoms with Gasteiger partial charge in [-0.15, -0.1) is 0 Å². The predicted octanol–water partition coefficient (Wildman–Crippen LogP) is 3.37. The van der Waals surface area contributed by atoms with E-state index in [0.29, 0.717) is 18.8 Å². The van der Waals surface area contributed by atoms with Crippen molar-refractivity contribution in [2.45, 2.75) is 31.5 Å². The topological polar surface area (TPSA) is 33.1 Å². The molecule has 0 atom stereocenters. The fourth-order valence-electron chi connectivity index (χ4n) is 2.25. The van der Waals surface area contributed by atoms with Gasteiger partial charge in [0.15, 0.2) is 0 Å². The van der Waals surface area contributed by atoms with Crippen LogP contribution in [0.25, 0.3) is 0 Å². The number of hydrogen-bond acceptors (Lipinski definition) is 2. The summed E-state index contributed by atoms with van der Waals surface area (Å²) < 4.78 is 37.1. The monoisotopic (exact) mass is 265 g/mol. The fourth-order valence-corrected chi connectivity index (χ4v) is 2.58. The Morgan fingerprint density at radius 3 is 2.41 bits per heavy atom. The molecule has 2 nitrogen and oxygen atoms in total. The highest BCUT2D eigenvalue weighted by Gasteiger charge is 2.44. The van der Waals surface area contributed by atoms with Crippen LogP contribution < -0.4 is 0 Å². The van der Waals surface area contributed by atoms with Crippen LogP contribution in [0.4, 0.5) is 13.2 Å². The van der Waals surface area contributed by atoms with Crippen LogP contribution in [0.15, 0.2) is 12.1 Å². The van der Waals surface area contributed by atoms with Crippen LogP contribution in [0.1, 0.15) is 31.0 Å². The van der Waals surface area contributed by atoms with Crippen molar-refractivity contribution >= 4 is 11.6 Å². The largest absolute Gasteiger partial charge is 0.433 e. The maximum atomic E-state index is 12.4. The smallest absolute Gasteiger partial charge is 0.385 e. The third kappa shape index (κ3) is 2.26. The van der Waals surface area contributed by atoms with Crippen LogP contribution in [0.3, 0.4) is 0 Å². The van der Waals surface area contributed by atoms with Crippen molar-refractivity contribution in [2.75, 3.05) is 0 Å². The van der Waals surface area contributed by atoms with Crippen molar-refractivity contribution in [3.8, 4) is 0 Å². The Kier molecular flexibility index (Phi) is 2.86. The van der Waals surface area contributed by atoms with Gasteiger partial charge in [-0.3, -0.25) is 0 Å². The zero-order chi connectivity index (χ0) is 12.8. The number of nitrogens with zero attached hydrogens (tertiary/aromatic N) is 1. The van der Waals surface area contributed by atoms with Gasteiger partial charge in [0.05, 0.1) is 5.60 Å². The van der Waals surface area contributed by atoms with Gasteiger partial charge in [-0.25, -0.2) is 4.98 Å². The molecule has 0 bridgehead atoms. The third-order valence-corrected chi connectivity index (χ3v) is 3.30. The van der Waals surface area contributed by atoms with Crippen molar-refractivity contribution in [3.05, 3.63) is 28.5 Å². The number of halogens is 4. The standard InChI is InChI=1S/C11H11ClF3NO/c1-6-4-10(17,5-6)7-2-3-8(11(13,14)15)16-9(7)12/h2-3,6,17H,4-5H2,1H3. The number of hydrogen-bond donors (Lipinski definition) is 1. The van der Waals surface area contributed by atoms with Gasteiger partial charge in [0, 0.05) is 5.56 Å². The zero-order valence-corrected chi connectivity index (χ0v) is 9.81. The summed E-state index contributed by atoms with van der Waals surface area (Å²) in [5.74, 6) is 0.346. The van der Waals surface area contributed by atoms with Gasteiger partial charge in [-0.1, -0.05) is 24.6 Å². The van der Waals surface area contributed by atoms with Crippen LogP contribution in [-0.2, 0) is 11.8 Å². The summed E-state index contributed by atoms with van der Waals surface area (Å²) in [6, 6.07) is 2.06. The summed E-state index contributed by atoms with van der Waals surface area (Å²) in [5.41, 5.74) is -1.87. The maximum Gasteiger partial charge on any atom is 0.433 e. The molecule has 1 N–H and O–H groups in total. The van der Waals surface area contributed by atoms with Crippen molar-refractivity contribution in [2.24, 2.45) is 5.92 Å². The van der Waals surface area contributed by atoms with Gasteiger partial charge in [0.25, 0.3) is 0 Å². The quantitative estimate of drug-likeness (QED) is 0.790. The van der Waals surface area contributed by atoms with E-state index in [1.54, 1.807) is 0 Å². The van der Waals surface area contributed by atoms with Crippen LogP contribution in [0.2, 0.25) is 5.15 Å². The molecule has 1 aromatic heterocycles. The number of alkyl halides is 3. The molecule has 94 valence electrons. The van der Waals surface area contributed by atoms with Crippen molar-refractivity contribution in [3.63, 3.8) is 0 Å². The molecule has 1 fully saturated rings. The fraction of sp³-hybridized carbons (Fsp3) is 0.545. The number of rotatable bonds is 1. The maximum absolute atomic E-state index is 12.4. The summed E-state index contributed by atoms with van der Waals surface area (Å²) in [7, 11) is 0. The van der Waals surface area contributed by atoms with E-state index in [0.717, 1.165) is 6.07 Å². The average molecular weight is 266 g/mol. The summed E-state index contributed by atoms with van der Waals surface area (Å²) in [6.45, 7) is 1.96. The highest BCUT2D eigenvalue weighted by atomic mass is 35.5. The Balaban J connectivity index is 2.33. The lowest BCUT2D eigenvalue weighted by molar-refractivity contribution is -0.141. The van der Waals surface area contributed by atoms with Gasteiger partial charge in [-0.2, -0.15) is 13.2 Å². The first kappa shape index (κ1) is 12.6. The van der Waals surface area contributed by atoms with Gasteiger partial charge in [0.1, 0.15) is 10.8 Å². The Hall–Kier alpha value is -0.810. The molecule has 1 aromatic rings. The van der Waals surface area contributed by atoms with E-state index < -0.39 is 17.5 Å². The normalized spacial score (nSPS) is 28.9. The number of aromatic nitrogens is 1. The van der Waals surface area contributed by atoms with Gasteiger partial charge >= 0.3 is 6.18 Å². The zero-order valence-electron chi connectivity index (χ0n) is 9.05. The first-order valence-electron chi connectivity index (χ1n) is 5.19. The lowest BCUT2D eigenvalue weighted by atomic mass is 9.68. The van der Waals surface area contributed by atoms with Crippen LogP contribution in [0.5, 0.6) is 0 Å². The third-order valence-electron chi connectivity index (χ3n) is 3.01. The minimum atomic E-state index is -4.52. The minimum absolute atomic E-state index is 0.269. The Bertz CT molecular complexity index is 441. The van der Waals surface area contributed by atoms with E-state index in [9.17, 15) is 18.3 Å². The van der Waals surface area contributed by atoms with E-state index in [-0.39, 0.29) is 10.7 Å². The molecule has 1 heterocycles. The summed E-state index contributed by atoms with van der Waals surface area (Å²) >= 11 is 5.71. The second-order valence-corrected chi connectivity index (χ2v) is 4.94. The molecule has 6 heteroatoms. The molecule has 0 amide bonds.